The van der Waals surface area contributed by atoms with Crippen molar-refractivity contribution in [2.45, 2.75) is 0 Å². The Hall–Kier alpha value is -8.80. The molecule has 5 heteroatoms. The molecule has 0 bridgehead atoms. The van der Waals surface area contributed by atoms with Gasteiger partial charge >= 0.3 is 0 Å². The van der Waals surface area contributed by atoms with Crippen molar-refractivity contribution >= 4 is 87.1 Å². The van der Waals surface area contributed by atoms with E-state index in [2.05, 4.69) is 238 Å². The van der Waals surface area contributed by atoms with Gasteiger partial charge in [0.15, 0.2) is 5.82 Å². The zero-order valence-corrected chi connectivity index (χ0v) is 35.1. The summed E-state index contributed by atoms with van der Waals surface area (Å²) < 4.78 is 7.24. The summed E-state index contributed by atoms with van der Waals surface area (Å²) in [7, 11) is 0. The first-order valence-electron chi connectivity index (χ1n) is 22.2. The number of benzene rings is 10. The Kier molecular flexibility index (Phi) is 7.62. The minimum absolute atomic E-state index is 0.682. The van der Waals surface area contributed by atoms with E-state index in [0.29, 0.717) is 5.82 Å². The number of para-hydroxylation sites is 5. The lowest BCUT2D eigenvalue weighted by molar-refractivity contribution is 1.14. The third kappa shape index (κ3) is 5.27. The smallest absolute Gasteiger partial charge is 0.162 e. The molecule has 0 N–H and O–H groups in total. The van der Waals surface area contributed by atoms with Crippen molar-refractivity contribution < 1.29 is 0 Å². The number of aromatic nitrogens is 5. The lowest BCUT2D eigenvalue weighted by Crippen LogP contribution is -2.02. The average Bonchev–Trinajstić information content (AvgIpc) is 4.01. The molecule has 65 heavy (non-hydrogen) atoms. The van der Waals surface area contributed by atoms with Crippen molar-refractivity contribution in [2.75, 3.05) is 0 Å². The van der Waals surface area contributed by atoms with Gasteiger partial charge in [-0.05, 0) is 89.6 Å². The van der Waals surface area contributed by atoms with E-state index in [4.69, 9.17) is 9.97 Å². The first-order valence-corrected chi connectivity index (χ1v) is 22.2. The molecule has 0 saturated heterocycles. The van der Waals surface area contributed by atoms with E-state index in [1.165, 1.54) is 49.0 Å². The first-order chi connectivity index (χ1) is 32.3. The zero-order valence-electron chi connectivity index (χ0n) is 35.1. The Morgan fingerprint density at radius 3 is 1.34 bits per heavy atom. The Morgan fingerprint density at radius 1 is 0.308 bits per heavy atom. The lowest BCUT2D eigenvalue weighted by Gasteiger charge is -2.16. The highest BCUT2D eigenvalue weighted by atomic mass is 15.0. The number of hydrogen-bond acceptors (Lipinski definition) is 2. The molecule has 0 spiro atoms. The van der Waals surface area contributed by atoms with Gasteiger partial charge in [0.1, 0.15) is 0 Å². The molecule has 0 aliphatic carbocycles. The average molecular weight is 828 g/mol. The molecule has 0 aliphatic heterocycles. The Balaban J connectivity index is 1.06. The molecule has 0 atom stereocenters. The molecule has 0 amide bonds. The van der Waals surface area contributed by atoms with E-state index in [1.54, 1.807) is 0 Å². The van der Waals surface area contributed by atoms with Gasteiger partial charge in [0.25, 0.3) is 0 Å². The molecule has 0 saturated carbocycles. The fourth-order valence-corrected chi connectivity index (χ4v) is 10.6. The van der Waals surface area contributed by atoms with Gasteiger partial charge < -0.3 is 13.7 Å². The van der Waals surface area contributed by atoms with Gasteiger partial charge in [-0.2, -0.15) is 0 Å². The van der Waals surface area contributed by atoms with E-state index in [-0.39, 0.29) is 0 Å². The largest absolute Gasteiger partial charge is 0.309 e. The van der Waals surface area contributed by atoms with Crippen LogP contribution in [0.5, 0.6) is 0 Å². The van der Waals surface area contributed by atoms with Gasteiger partial charge in [-0.25, -0.2) is 9.97 Å². The van der Waals surface area contributed by atoms with Crippen molar-refractivity contribution in [3.8, 4) is 39.7 Å². The summed E-state index contributed by atoms with van der Waals surface area (Å²) in [5.41, 5.74) is 14.0. The third-order valence-electron chi connectivity index (χ3n) is 13.4. The fourth-order valence-electron chi connectivity index (χ4n) is 10.6. The third-order valence-corrected chi connectivity index (χ3v) is 13.4. The molecule has 302 valence electrons. The monoisotopic (exact) mass is 827 g/mol. The van der Waals surface area contributed by atoms with Crippen LogP contribution in [0.1, 0.15) is 0 Å². The molecule has 0 radical (unpaired) electrons. The second-order valence-corrected chi connectivity index (χ2v) is 16.9. The van der Waals surface area contributed by atoms with E-state index in [0.717, 1.165) is 72.0 Å². The van der Waals surface area contributed by atoms with Gasteiger partial charge in [0, 0.05) is 60.2 Å². The summed E-state index contributed by atoms with van der Waals surface area (Å²) in [6.45, 7) is 0. The van der Waals surface area contributed by atoms with Gasteiger partial charge in [-0.1, -0.05) is 146 Å². The molecule has 5 nitrogen and oxygen atoms in total. The van der Waals surface area contributed by atoms with Gasteiger partial charge in [0.05, 0.1) is 50.0 Å². The van der Waals surface area contributed by atoms with Gasteiger partial charge in [-0.15, -0.1) is 0 Å². The summed E-state index contributed by atoms with van der Waals surface area (Å²) >= 11 is 0. The maximum absolute atomic E-state index is 5.50. The first kappa shape index (κ1) is 35.8. The molecule has 0 aliphatic rings. The summed E-state index contributed by atoms with van der Waals surface area (Å²) in [4.78, 5) is 10.9. The maximum Gasteiger partial charge on any atom is 0.162 e. The Bertz CT molecular complexity index is 3970. The summed E-state index contributed by atoms with van der Waals surface area (Å²) in [6.07, 6.45) is 0. The summed E-state index contributed by atoms with van der Waals surface area (Å²) in [5.74, 6) is 0.682. The predicted molar refractivity (Wildman–Crippen MR) is 271 cm³/mol. The number of nitrogens with zero attached hydrogens (tertiary/aromatic N) is 5. The number of fused-ring (bicyclic) bond motifs is 12. The normalized spacial score (nSPS) is 12.0. The molecule has 14 aromatic rings. The number of hydrogen-bond donors (Lipinski definition) is 0. The predicted octanol–water partition coefficient (Wildman–Crippen LogP) is 15.4. The van der Waals surface area contributed by atoms with Crippen molar-refractivity contribution in [1.29, 1.82) is 0 Å². The maximum atomic E-state index is 5.50. The number of rotatable bonds is 5. The van der Waals surface area contributed by atoms with Crippen LogP contribution in [0, 0.1) is 0 Å². The van der Waals surface area contributed by atoms with Gasteiger partial charge in [-0.3, -0.25) is 0 Å². The molecule has 0 unspecified atom stereocenters. The van der Waals surface area contributed by atoms with E-state index in [1.807, 2.05) is 0 Å². The van der Waals surface area contributed by atoms with Crippen LogP contribution in [0.25, 0.3) is 127 Å². The lowest BCUT2D eigenvalue weighted by atomic mass is 9.99. The van der Waals surface area contributed by atoms with Crippen LogP contribution in [0.15, 0.2) is 224 Å². The molecule has 4 aromatic heterocycles. The SMILES string of the molecule is c1ccc(-c2nc(-c3ccccc3-n3c4ccc(-n5c6ccccc6c6ccccc65)cc4c4cc(-n5c6ccccc6c6ccccc65)ccc43)nc3ccc4ccccc4c23)cc1. The van der Waals surface area contributed by atoms with Crippen LogP contribution < -0.4 is 0 Å². The highest BCUT2D eigenvalue weighted by molar-refractivity contribution is 6.15. The minimum atomic E-state index is 0.682. The van der Waals surface area contributed by atoms with Gasteiger partial charge in [0.2, 0.25) is 0 Å². The topological polar surface area (TPSA) is 40.6 Å². The second kappa shape index (κ2) is 13.9. The fraction of sp³-hybridized carbons (Fsp3) is 0. The molecule has 10 aromatic carbocycles. The van der Waals surface area contributed by atoms with Crippen molar-refractivity contribution in [1.82, 2.24) is 23.7 Å². The van der Waals surface area contributed by atoms with Crippen LogP contribution in [-0.4, -0.2) is 23.7 Å². The summed E-state index contributed by atoms with van der Waals surface area (Å²) in [6, 6.07) is 80.8. The van der Waals surface area contributed by atoms with Crippen molar-refractivity contribution in [3.63, 3.8) is 0 Å². The van der Waals surface area contributed by atoms with E-state index < -0.39 is 0 Å². The zero-order chi connectivity index (χ0) is 42.6. The molecule has 14 rings (SSSR count). The molecule has 4 heterocycles. The Morgan fingerprint density at radius 2 is 0.769 bits per heavy atom. The van der Waals surface area contributed by atoms with Crippen molar-refractivity contribution in [2.24, 2.45) is 0 Å². The van der Waals surface area contributed by atoms with Crippen LogP contribution in [0.3, 0.4) is 0 Å². The van der Waals surface area contributed by atoms with Crippen LogP contribution >= 0.6 is 0 Å². The van der Waals surface area contributed by atoms with E-state index >= 15 is 0 Å². The highest BCUT2D eigenvalue weighted by Crippen LogP contribution is 2.42. The van der Waals surface area contributed by atoms with E-state index in [9.17, 15) is 0 Å². The minimum Gasteiger partial charge on any atom is -0.309 e. The van der Waals surface area contributed by atoms with Crippen molar-refractivity contribution in [3.05, 3.63) is 224 Å². The Labute approximate surface area is 373 Å². The molecular weight excluding hydrogens is 791 g/mol. The second-order valence-electron chi connectivity index (χ2n) is 16.9. The quantitative estimate of drug-likeness (QED) is 0.162. The molecular formula is C60H37N5. The summed E-state index contributed by atoms with van der Waals surface area (Å²) in [5, 5.41) is 10.7. The highest BCUT2D eigenvalue weighted by Gasteiger charge is 2.22. The standard InChI is InChI=1S/C60H37N5/c1-2-17-39(18-3-1)59-58-42-19-5-4-16-38(42)30-33-50(58)61-60(62-59)47-24-10-15-29-55(47)65-56-34-31-40(63-51-25-11-6-20-43(51)44-21-7-12-26-52(44)63)36-48(56)49-37-41(32-35-57(49)65)64-53-27-13-8-22-45(53)46-23-9-14-28-54(46)64/h1-37H. The van der Waals surface area contributed by atoms with Crippen LogP contribution in [-0.2, 0) is 0 Å². The van der Waals surface area contributed by atoms with Crippen LogP contribution in [0.4, 0.5) is 0 Å². The van der Waals surface area contributed by atoms with Crippen LogP contribution in [0.2, 0.25) is 0 Å². The molecule has 0 fully saturated rings.